The number of anilines is 1. The summed E-state index contributed by atoms with van der Waals surface area (Å²) in [5.74, 6) is -1.06. The van der Waals surface area contributed by atoms with E-state index < -0.39 is 12.0 Å². The monoisotopic (exact) mass is 236 g/mol. The number of benzene rings is 1. The van der Waals surface area contributed by atoms with Gasteiger partial charge in [0.15, 0.2) is 0 Å². The van der Waals surface area contributed by atoms with Crippen LogP contribution in [0, 0.1) is 6.92 Å². The van der Waals surface area contributed by atoms with E-state index in [0.29, 0.717) is 6.54 Å². The summed E-state index contributed by atoms with van der Waals surface area (Å²) >= 11 is 0. The van der Waals surface area contributed by atoms with Gasteiger partial charge in [0.05, 0.1) is 0 Å². The highest BCUT2D eigenvalue weighted by molar-refractivity contribution is 5.94. The molecule has 0 aliphatic carbocycles. The number of amides is 2. The van der Waals surface area contributed by atoms with E-state index in [0.717, 1.165) is 11.3 Å². The smallest absolute Gasteiger partial charge is 0.323 e. The second kappa shape index (κ2) is 5.89. The van der Waals surface area contributed by atoms with Crippen molar-refractivity contribution in [2.45, 2.75) is 13.8 Å². The van der Waals surface area contributed by atoms with Crippen molar-refractivity contribution in [3.8, 4) is 0 Å². The molecule has 1 rings (SSSR count). The highest BCUT2D eigenvalue weighted by Crippen LogP contribution is 2.18. The van der Waals surface area contributed by atoms with Gasteiger partial charge in [-0.05, 0) is 25.5 Å². The molecule has 2 N–H and O–H groups in total. The maximum absolute atomic E-state index is 11.8. The average Bonchev–Trinajstić information content (AvgIpc) is 2.30. The van der Waals surface area contributed by atoms with Crippen LogP contribution in [-0.4, -0.2) is 30.2 Å². The third-order valence-electron chi connectivity index (χ3n) is 2.36. The van der Waals surface area contributed by atoms with Crippen molar-refractivity contribution < 1.29 is 14.7 Å². The SMILES string of the molecule is CCN(C(=O)NCC(=O)O)c1ccccc1C. The van der Waals surface area contributed by atoms with Gasteiger partial charge in [0, 0.05) is 12.2 Å². The number of aliphatic carboxylic acids is 1. The number of carboxylic acid groups (broad SMARTS) is 1. The van der Waals surface area contributed by atoms with Crippen molar-refractivity contribution >= 4 is 17.7 Å². The zero-order valence-corrected chi connectivity index (χ0v) is 9.93. The van der Waals surface area contributed by atoms with Gasteiger partial charge in [-0.1, -0.05) is 18.2 Å². The van der Waals surface area contributed by atoms with Gasteiger partial charge in [-0.3, -0.25) is 9.69 Å². The lowest BCUT2D eigenvalue weighted by Gasteiger charge is -2.22. The number of urea groups is 1. The maximum atomic E-state index is 11.8. The fourth-order valence-corrected chi connectivity index (χ4v) is 1.54. The molecule has 5 heteroatoms. The molecule has 2 amide bonds. The summed E-state index contributed by atoms with van der Waals surface area (Å²) in [5.41, 5.74) is 1.76. The molecule has 0 unspecified atom stereocenters. The van der Waals surface area contributed by atoms with Gasteiger partial charge >= 0.3 is 12.0 Å². The number of hydrogen-bond acceptors (Lipinski definition) is 2. The molecular formula is C12H16N2O3. The molecule has 0 aromatic heterocycles. The molecule has 0 spiro atoms. The Labute approximate surface area is 100 Å². The minimum Gasteiger partial charge on any atom is -0.480 e. The standard InChI is InChI=1S/C12H16N2O3/c1-3-14(12(17)13-8-11(15)16)10-7-5-4-6-9(10)2/h4-7H,3,8H2,1-2H3,(H,13,17)(H,15,16). The molecule has 92 valence electrons. The van der Waals surface area contributed by atoms with Gasteiger partial charge in [-0.15, -0.1) is 0 Å². The molecule has 0 saturated heterocycles. The zero-order valence-electron chi connectivity index (χ0n) is 9.93. The number of nitrogens with zero attached hydrogens (tertiary/aromatic N) is 1. The van der Waals surface area contributed by atoms with E-state index in [1.54, 1.807) is 0 Å². The van der Waals surface area contributed by atoms with Crippen LogP contribution < -0.4 is 10.2 Å². The molecule has 0 aliphatic rings. The number of hydrogen-bond donors (Lipinski definition) is 2. The highest BCUT2D eigenvalue weighted by Gasteiger charge is 2.15. The van der Waals surface area contributed by atoms with E-state index in [4.69, 9.17) is 5.11 Å². The fraction of sp³-hybridized carbons (Fsp3) is 0.333. The molecule has 0 saturated carbocycles. The number of aryl methyl sites for hydroxylation is 1. The third-order valence-corrected chi connectivity index (χ3v) is 2.36. The minimum atomic E-state index is -1.06. The average molecular weight is 236 g/mol. The van der Waals surface area contributed by atoms with Crippen LogP contribution in [0.2, 0.25) is 0 Å². The van der Waals surface area contributed by atoms with E-state index in [2.05, 4.69) is 5.32 Å². The molecular weight excluding hydrogens is 220 g/mol. The first-order valence-electron chi connectivity index (χ1n) is 5.39. The summed E-state index contributed by atoms with van der Waals surface area (Å²) < 4.78 is 0. The van der Waals surface area contributed by atoms with Crippen LogP contribution in [0.1, 0.15) is 12.5 Å². The molecule has 0 aliphatic heterocycles. The van der Waals surface area contributed by atoms with Crippen molar-refractivity contribution in [3.05, 3.63) is 29.8 Å². The largest absolute Gasteiger partial charge is 0.480 e. The quantitative estimate of drug-likeness (QED) is 0.834. The summed E-state index contributed by atoms with van der Waals surface area (Å²) in [5, 5.41) is 10.9. The summed E-state index contributed by atoms with van der Waals surface area (Å²) in [6.07, 6.45) is 0. The fourth-order valence-electron chi connectivity index (χ4n) is 1.54. The number of para-hydroxylation sites is 1. The first-order chi connectivity index (χ1) is 8.06. The van der Waals surface area contributed by atoms with Crippen LogP contribution in [-0.2, 0) is 4.79 Å². The van der Waals surface area contributed by atoms with Gasteiger partial charge in [0.25, 0.3) is 0 Å². The predicted molar refractivity (Wildman–Crippen MR) is 65.2 cm³/mol. The van der Waals surface area contributed by atoms with Crippen molar-refractivity contribution in [3.63, 3.8) is 0 Å². The lowest BCUT2D eigenvalue weighted by atomic mass is 10.2. The van der Waals surface area contributed by atoms with E-state index in [-0.39, 0.29) is 6.54 Å². The third kappa shape index (κ3) is 3.48. The number of carbonyl (C=O) groups is 2. The summed E-state index contributed by atoms with van der Waals surface area (Å²) in [6.45, 7) is 3.85. The van der Waals surface area contributed by atoms with Crippen LogP contribution in [0.15, 0.2) is 24.3 Å². The Morgan fingerprint density at radius 3 is 2.53 bits per heavy atom. The van der Waals surface area contributed by atoms with E-state index in [1.807, 2.05) is 38.1 Å². The van der Waals surface area contributed by atoms with Crippen molar-refractivity contribution in [2.75, 3.05) is 18.0 Å². The number of nitrogens with one attached hydrogen (secondary N) is 1. The zero-order chi connectivity index (χ0) is 12.8. The van der Waals surface area contributed by atoms with Crippen LogP contribution in [0.3, 0.4) is 0 Å². The van der Waals surface area contributed by atoms with Gasteiger partial charge in [0.2, 0.25) is 0 Å². The van der Waals surface area contributed by atoms with E-state index in [1.165, 1.54) is 4.90 Å². The second-order valence-corrected chi connectivity index (χ2v) is 3.58. The van der Waals surface area contributed by atoms with Crippen molar-refractivity contribution in [1.29, 1.82) is 0 Å². The number of carbonyl (C=O) groups excluding carboxylic acids is 1. The van der Waals surface area contributed by atoms with Gasteiger partial charge < -0.3 is 10.4 Å². The Bertz CT molecular complexity index is 418. The summed E-state index contributed by atoms with van der Waals surface area (Å²) in [4.78, 5) is 23.7. The van der Waals surface area contributed by atoms with Crippen LogP contribution >= 0.6 is 0 Å². The van der Waals surface area contributed by atoms with Gasteiger partial charge in [-0.25, -0.2) is 4.79 Å². The molecule has 0 bridgehead atoms. The van der Waals surface area contributed by atoms with Crippen LogP contribution in [0.5, 0.6) is 0 Å². The first-order valence-corrected chi connectivity index (χ1v) is 5.39. The Kier molecular flexibility index (Phi) is 4.51. The van der Waals surface area contributed by atoms with E-state index in [9.17, 15) is 9.59 Å². The molecule has 0 radical (unpaired) electrons. The van der Waals surface area contributed by atoms with E-state index >= 15 is 0 Å². The molecule has 0 fully saturated rings. The lowest BCUT2D eigenvalue weighted by molar-refractivity contribution is -0.135. The summed E-state index contributed by atoms with van der Waals surface area (Å²) in [7, 11) is 0. The molecule has 1 aromatic rings. The Morgan fingerprint density at radius 1 is 1.35 bits per heavy atom. The maximum Gasteiger partial charge on any atom is 0.323 e. The van der Waals surface area contributed by atoms with Gasteiger partial charge in [-0.2, -0.15) is 0 Å². The molecule has 0 heterocycles. The molecule has 5 nitrogen and oxygen atoms in total. The van der Waals surface area contributed by atoms with Crippen molar-refractivity contribution in [2.24, 2.45) is 0 Å². The lowest BCUT2D eigenvalue weighted by Crippen LogP contribution is -2.42. The van der Waals surface area contributed by atoms with Crippen LogP contribution in [0.4, 0.5) is 10.5 Å². The van der Waals surface area contributed by atoms with Crippen LogP contribution in [0.25, 0.3) is 0 Å². The first kappa shape index (κ1) is 13.0. The normalized spacial score (nSPS) is 9.76. The summed E-state index contributed by atoms with van der Waals surface area (Å²) in [6, 6.07) is 7.07. The Morgan fingerprint density at radius 2 is 2.00 bits per heavy atom. The van der Waals surface area contributed by atoms with Gasteiger partial charge in [0.1, 0.15) is 6.54 Å². The predicted octanol–water partition coefficient (Wildman–Crippen LogP) is 1.62. The molecule has 0 atom stereocenters. The number of carboxylic acids is 1. The second-order valence-electron chi connectivity index (χ2n) is 3.58. The Hall–Kier alpha value is -2.04. The Balaban J connectivity index is 2.81. The van der Waals surface area contributed by atoms with Crippen molar-refractivity contribution in [1.82, 2.24) is 5.32 Å². The molecule has 17 heavy (non-hydrogen) atoms. The topological polar surface area (TPSA) is 69.6 Å². The minimum absolute atomic E-state index is 0.374. The highest BCUT2D eigenvalue weighted by atomic mass is 16.4. The molecule has 1 aromatic carbocycles. The number of rotatable bonds is 4.